The van der Waals surface area contributed by atoms with Gasteiger partial charge >= 0.3 is 0 Å². The fourth-order valence-corrected chi connectivity index (χ4v) is 1.48. The minimum absolute atomic E-state index is 0.0396. The zero-order valence-corrected chi connectivity index (χ0v) is 12.6. The molecule has 0 aromatic heterocycles. The molecule has 116 valence electrons. The van der Waals surface area contributed by atoms with Gasteiger partial charge in [0, 0.05) is 5.56 Å². The number of hydrogen-bond acceptors (Lipinski definition) is 5. The average molecular weight is 295 g/mol. The molecule has 1 aromatic carbocycles. The van der Waals surface area contributed by atoms with Gasteiger partial charge in [-0.3, -0.25) is 4.79 Å². The summed E-state index contributed by atoms with van der Waals surface area (Å²) in [5.74, 6) is 0.0743. The molecule has 0 fully saturated rings. The Morgan fingerprint density at radius 1 is 1.43 bits per heavy atom. The Hall–Kier alpha value is -2.28. The Morgan fingerprint density at radius 2 is 2.10 bits per heavy atom. The van der Waals surface area contributed by atoms with Crippen molar-refractivity contribution >= 4 is 17.4 Å². The number of nitrogens with zero attached hydrogens (tertiary/aromatic N) is 1. The topological polar surface area (TPSA) is 106 Å². The normalized spacial score (nSPS) is 12.1. The van der Waals surface area contributed by atoms with E-state index in [0.717, 1.165) is 0 Å². The maximum absolute atomic E-state index is 11.8. The van der Waals surface area contributed by atoms with Crippen LogP contribution in [0, 0.1) is 0 Å². The zero-order chi connectivity index (χ0) is 16.0. The molecule has 0 spiro atoms. The lowest BCUT2D eigenvalue weighted by atomic mass is 10.1. The van der Waals surface area contributed by atoms with Crippen LogP contribution in [0.3, 0.4) is 0 Å². The molecule has 0 saturated carbocycles. The number of nitrogens with two attached hydrogens (primary N) is 1. The predicted octanol–water partition coefficient (Wildman–Crippen LogP) is 1.54. The van der Waals surface area contributed by atoms with Gasteiger partial charge in [0.25, 0.3) is 0 Å². The molecule has 0 aliphatic carbocycles. The Kier molecular flexibility index (Phi) is 5.54. The summed E-state index contributed by atoms with van der Waals surface area (Å²) in [6, 6.07) is 4.79. The third-order valence-electron chi connectivity index (χ3n) is 2.52. The number of amides is 1. The summed E-state index contributed by atoms with van der Waals surface area (Å²) in [4.78, 5) is 11.8. The van der Waals surface area contributed by atoms with E-state index in [-0.39, 0.29) is 18.3 Å². The first-order chi connectivity index (χ1) is 9.76. The number of nitrogens with one attached hydrogen (secondary N) is 1. The van der Waals surface area contributed by atoms with Crippen molar-refractivity contribution in [2.24, 2.45) is 10.9 Å². The van der Waals surface area contributed by atoms with Crippen LogP contribution in [0.25, 0.3) is 0 Å². The monoisotopic (exact) mass is 295 g/mol. The molecule has 1 aromatic rings. The third-order valence-corrected chi connectivity index (χ3v) is 2.52. The summed E-state index contributed by atoms with van der Waals surface area (Å²) < 4.78 is 10.6. The predicted molar refractivity (Wildman–Crippen MR) is 79.8 cm³/mol. The zero-order valence-electron chi connectivity index (χ0n) is 12.6. The smallest absolute Gasteiger partial charge is 0.250 e. The molecule has 0 heterocycles. The van der Waals surface area contributed by atoms with Crippen LogP contribution < -0.4 is 15.8 Å². The molecule has 21 heavy (non-hydrogen) atoms. The molecular weight excluding hydrogens is 274 g/mol. The van der Waals surface area contributed by atoms with Gasteiger partial charge < -0.3 is 25.7 Å². The second-order valence-corrected chi connectivity index (χ2v) is 5.35. The third kappa shape index (κ3) is 5.31. The lowest BCUT2D eigenvalue weighted by Gasteiger charge is -2.19. The van der Waals surface area contributed by atoms with Crippen LogP contribution >= 0.6 is 0 Å². The first-order valence-electron chi connectivity index (χ1n) is 6.36. The van der Waals surface area contributed by atoms with Gasteiger partial charge in [0.1, 0.15) is 12.4 Å². The van der Waals surface area contributed by atoms with Gasteiger partial charge in [0.05, 0.1) is 18.4 Å². The van der Waals surface area contributed by atoms with Crippen molar-refractivity contribution in [3.8, 4) is 5.75 Å². The van der Waals surface area contributed by atoms with E-state index in [1.165, 1.54) is 7.11 Å². The highest BCUT2D eigenvalue weighted by Gasteiger charge is 2.14. The standard InChI is InChI=1S/C14H21N3O4/c1-14(2,3)21-8-12(18)16-10-6-5-9(13(15)17-19)7-11(10)20-4/h5-7,19H,8H2,1-4H3,(H2,15,17)(H,16,18). The van der Waals surface area contributed by atoms with Crippen molar-refractivity contribution in [3.63, 3.8) is 0 Å². The highest BCUT2D eigenvalue weighted by Crippen LogP contribution is 2.25. The Balaban J connectivity index is 2.82. The van der Waals surface area contributed by atoms with E-state index in [1.807, 2.05) is 20.8 Å². The van der Waals surface area contributed by atoms with Gasteiger partial charge in [-0.05, 0) is 39.0 Å². The SMILES string of the molecule is COc1cc(/C(N)=N/O)ccc1NC(=O)COC(C)(C)C. The van der Waals surface area contributed by atoms with Gasteiger partial charge in [-0.25, -0.2) is 0 Å². The molecule has 0 saturated heterocycles. The second-order valence-electron chi connectivity index (χ2n) is 5.35. The summed E-state index contributed by atoms with van der Waals surface area (Å²) in [6.45, 7) is 5.54. The number of oxime groups is 1. The minimum atomic E-state index is -0.392. The first kappa shape index (κ1) is 16.8. The van der Waals surface area contributed by atoms with Gasteiger partial charge in [0.15, 0.2) is 5.84 Å². The highest BCUT2D eigenvalue weighted by atomic mass is 16.5. The molecule has 0 radical (unpaired) electrons. The van der Waals surface area contributed by atoms with Crippen LogP contribution in [-0.2, 0) is 9.53 Å². The molecule has 0 atom stereocenters. The Bertz CT molecular complexity index is 536. The fraction of sp³-hybridized carbons (Fsp3) is 0.429. The van der Waals surface area contributed by atoms with Gasteiger partial charge in [0.2, 0.25) is 5.91 Å². The van der Waals surface area contributed by atoms with E-state index < -0.39 is 5.60 Å². The van der Waals surface area contributed by atoms with Crippen LogP contribution in [0.15, 0.2) is 23.4 Å². The molecule has 1 rings (SSSR count). The number of methoxy groups -OCH3 is 1. The van der Waals surface area contributed by atoms with E-state index >= 15 is 0 Å². The van der Waals surface area contributed by atoms with E-state index in [1.54, 1.807) is 18.2 Å². The van der Waals surface area contributed by atoms with Crippen molar-refractivity contribution in [1.82, 2.24) is 0 Å². The summed E-state index contributed by atoms with van der Waals surface area (Å²) in [5, 5.41) is 14.2. The Labute approximate surface area is 123 Å². The number of ether oxygens (including phenoxy) is 2. The van der Waals surface area contributed by atoms with Crippen molar-refractivity contribution in [2.45, 2.75) is 26.4 Å². The molecule has 1 amide bonds. The summed E-state index contributed by atoms with van der Waals surface area (Å²) in [5.41, 5.74) is 6.08. The second kappa shape index (κ2) is 6.94. The van der Waals surface area contributed by atoms with Crippen molar-refractivity contribution in [3.05, 3.63) is 23.8 Å². The number of benzene rings is 1. The van der Waals surface area contributed by atoms with E-state index in [4.69, 9.17) is 20.4 Å². The molecular formula is C14H21N3O4. The van der Waals surface area contributed by atoms with Gasteiger partial charge in [-0.15, -0.1) is 0 Å². The van der Waals surface area contributed by atoms with E-state index in [2.05, 4.69) is 10.5 Å². The largest absolute Gasteiger partial charge is 0.495 e. The maximum atomic E-state index is 11.8. The lowest BCUT2D eigenvalue weighted by molar-refractivity contribution is -0.125. The van der Waals surface area contributed by atoms with Crippen LogP contribution in [0.4, 0.5) is 5.69 Å². The molecule has 7 heteroatoms. The van der Waals surface area contributed by atoms with Crippen molar-refractivity contribution in [2.75, 3.05) is 19.0 Å². The van der Waals surface area contributed by atoms with Gasteiger partial charge in [-0.2, -0.15) is 0 Å². The van der Waals surface area contributed by atoms with Crippen LogP contribution in [0.1, 0.15) is 26.3 Å². The number of carbonyl (C=O) groups is 1. The minimum Gasteiger partial charge on any atom is -0.495 e. The molecule has 0 aliphatic rings. The molecule has 4 N–H and O–H groups in total. The number of rotatable bonds is 5. The number of amidine groups is 1. The molecule has 0 unspecified atom stereocenters. The highest BCUT2D eigenvalue weighted by molar-refractivity contribution is 5.99. The summed E-state index contributed by atoms with van der Waals surface area (Å²) in [6.07, 6.45) is 0. The van der Waals surface area contributed by atoms with Crippen LogP contribution in [0.2, 0.25) is 0 Å². The molecule has 0 bridgehead atoms. The first-order valence-corrected chi connectivity index (χ1v) is 6.36. The van der Waals surface area contributed by atoms with Crippen LogP contribution in [-0.4, -0.2) is 36.3 Å². The number of anilines is 1. The average Bonchev–Trinajstić information content (AvgIpc) is 2.44. The van der Waals surface area contributed by atoms with Gasteiger partial charge in [-0.1, -0.05) is 5.16 Å². The number of hydrogen-bond donors (Lipinski definition) is 3. The van der Waals surface area contributed by atoms with Crippen LogP contribution in [0.5, 0.6) is 5.75 Å². The quantitative estimate of drug-likeness (QED) is 0.331. The maximum Gasteiger partial charge on any atom is 0.250 e. The number of carbonyl (C=O) groups excluding carboxylic acids is 1. The Morgan fingerprint density at radius 3 is 2.62 bits per heavy atom. The molecule has 0 aliphatic heterocycles. The van der Waals surface area contributed by atoms with E-state index in [9.17, 15) is 4.79 Å². The summed E-state index contributed by atoms with van der Waals surface area (Å²) in [7, 11) is 1.46. The van der Waals surface area contributed by atoms with E-state index in [0.29, 0.717) is 17.0 Å². The fourth-order valence-electron chi connectivity index (χ4n) is 1.48. The molecule has 7 nitrogen and oxygen atoms in total. The van der Waals surface area contributed by atoms with Crippen molar-refractivity contribution < 1.29 is 19.5 Å². The van der Waals surface area contributed by atoms with Crippen molar-refractivity contribution in [1.29, 1.82) is 0 Å². The summed E-state index contributed by atoms with van der Waals surface area (Å²) >= 11 is 0. The lowest BCUT2D eigenvalue weighted by Crippen LogP contribution is -2.27.